The largest absolute Gasteiger partial charge is 0.480 e. The van der Waals surface area contributed by atoms with E-state index in [1.165, 1.54) is 0 Å². The third-order valence-corrected chi connectivity index (χ3v) is 2.23. The van der Waals surface area contributed by atoms with Gasteiger partial charge in [-0.15, -0.1) is 0 Å². The van der Waals surface area contributed by atoms with Crippen molar-refractivity contribution in [2.24, 2.45) is 11.5 Å². The molecular weight excluding hydrogens is 196 g/mol. The molecule has 0 aromatic heterocycles. The summed E-state index contributed by atoms with van der Waals surface area (Å²) in [7, 11) is 0. The highest BCUT2D eigenvalue weighted by Crippen LogP contribution is 2.16. The summed E-state index contributed by atoms with van der Waals surface area (Å²) < 4.78 is 0. The first-order chi connectivity index (χ1) is 7.02. The van der Waals surface area contributed by atoms with Crippen molar-refractivity contribution in [3.63, 3.8) is 0 Å². The van der Waals surface area contributed by atoms with Gasteiger partial charge in [0, 0.05) is 17.7 Å². The van der Waals surface area contributed by atoms with Crippen molar-refractivity contribution in [1.29, 1.82) is 0 Å². The molecule has 5 N–H and O–H groups in total. The van der Waals surface area contributed by atoms with Crippen molar-refractivity contribution in [1.82, 2.24) is 0 Å². The number of allylic oxidation sites excluding steroid dienone is 4. The summed E-state index contributed by atoms with van der Waals surface area (Å²) in [5, 5.41) is 8.55. The number of Topliss-reactive ketones (excluding diaryl/α,β-unsaturated/α-hetero) is 1. The van der Waals surface area contributed by atoms with Gasteiger partial charge < -0.3 is 16.6 Å². The highest BCUT2D eigenvalue weighted by Gasteiger charge is 2.20. The van der Waals surface area contributed by atoms with E-state index in [-0.39, 0.29) is 12.2 Å². The number of carbonyl (C=O) groups is 2. The van der Waals surface area contributed by atoms with Crippen LogP contribution < -0.4 is 11.5 Å². The Morgan fingerprint density at radius 3 is 2.73 bits per heavy atom. The van der Waals surface area contributed by atoms with Crippen LogP contribution in [0, 0.1) is 0 Å². The molecule has 1 rings (SSSR count). The van der Waals surface area contributed by atoms with E-state index in [4.69, 9.17) is 16.6 Å². The monoisotopic (exact) mass is 210 g/mol. The molecule has 5 heteroatoms. The Labute approximate surface area is 87.4 Å². The van der Waals surface area contributed by atoms with Crippen LogP contribution in [0.1, 0.15) is 19.3 Å². The number of ketones is 1. The minimum absolute atomic E-state index is 0.213. The second-order valence-corrected chi connectivity index (χ2v) is 3.45. The second-order valence-electron chi connectivity index (χ2n) is 3.45. The lowest BCUT2D eigenvalue weighted by Gasteiger charge is -2.12. The Bertz CT molecular complexity index is 345. The standard InChI is InChI=1S/C10H14N2O3/c11-7-4-2-1-3-6(7)9(13)5-8(12)10(14)15/h1,3,8H,2,4-5,11-12H2,(H,14,15)/t8-/m0/s1. The van der Waals surface area contributed by atoms with Gasteiger partial charge in [0.1, 0.15) is 6.04 Å². The molecule has 5 nitrogen and oxygen atoms in total. The average Bonchev–Trinajstić information content (AvgIpc) is 2.18. The number of hydrogen-bond donors (Lipinski definition) is 3. The zero-order chi connectivity index (χ0) is 11.4. The first-order valence-corrected chi connectivity index (χ1v) is 4.69. The Morgan fingerprint density at radius 1 is 1.53 bits per heavy atom. The lowest BCUT2D eigenvalue weighted by atomic mass is 9.96. The van der Waals surface area contributed by atoms with Crippen LogP contribution in [-0.2, 0) is 9.59 Å². The van der Waals surface area contributed by atoms with Crippen molar-refractivity contribution >= 4 is 11.8 Å². The molecule has 0 aromatic rings. The molecule has 1 atom stereocenters. The Kier molecular flexibility index (Phi) is 3.62. The van der Waals surface area contributed by atoms with Gasteiger partial charge in [0.15, 0.2) is 5.78 Å². The molecule has 0 aliphatic heterocycles. The molecule has 0 unspecified atom stereocenters. The van der Waals surface area contributed by atoms with Crippen molar-refractivity contribution in [3.8, 4) is 0 Å². The number of aliphatic carboxylic acids is 1. The van der Waals surface area contributed by atoms with Crippen LogP contribution in [0.15, 0.2) is 23.4 Å². The van der Waals surface area contributed by atoms with E-state index in [1.54, 1.807) is 6.08 Å². The SMILES string of the molecule is NC1=C(C(=O)C[C@H](N)C(=O)O)C=CCC1. The maximum absolute atomic E-state index is 11.6. The summed E-state index contributed by atoms with van der Waals surface area (Å²) in [5.41, 5.74) is 11.8. The molecule has 0 spiro atoms. The molecule has 0 radical (unpaired) electrons. The minimum Gasteiger partial charge on any atom is -0.480 e. The Hall–Kier alpha value is -1.62. The van der Waals surface area contributed by atoms with Crippen LogP contribution in [-0.4, -0.2) is 22.9 Å². The smallest absolute Gasteiger partial charge is 0.320 e. The summed E-state index contributed by atoms with van der Waals surface area (Å²) in [6.45, 7) is 0. The van der Waals surface area contributed by atoms with Crippen molar-refractivity contribution in [2.45, 2.75) is 25.3 Å². The van der Waals surface area contributed by atoms with Crippen LogP contribution in [0.25, 0.3) is 0 Å². The minimum atomic E-state index is -1.18. The molecule has 0 bridgehead atoms. The summed E-state index contributed by atoms with van der Waals surface area (Å²) >= 11 is 0. The van der Waals surface area contributed by atoms with E-state index in [9.17, 15) is 9.59 Å². The number of hydrogen-bond acceptors (Lipinski definition) is 4. The predicted molar refractivity (Wildman–Crippen MR) is 54.8 cm³/mol. The first-order valence-electron chi connectivity index (χ1n) is 4.69. The number of carbonyl (C=O) groups excluding carboxylic acids is 1. The fourth-order valence-corrected chi connectivity index (χ4v) is 1.35. The highest BCUT2D eigenvalue weighted by atomic mass is 16.4. The van der Waals surface area contributed by atoms with E-state index in [0.29, 0.717) is 17.7 Å². The van der Waals surface area contributed by atoms with E-state index < -0.39 is 12.0 Å². The fraction of sp³-hybridized carbons (Fsp3) is 0.400. The third-order valence-electron chi connectivity index (χ3n) is 2.23. The predicted octanol–water partition coefficient (Wildman–Crippen LogP) is -0.0797. The Balaban J connectivity index is 2.69. The topological polar surface area (TPSA) is 106 Å². The molecule has 0 saturated carbocycles. The summed E-state index contributed by atoms with van der Waals surface area (Å²) in [4.78, 5) is 22.0. The first kappa shape index (κ1) is 11.5. The summed E-state index contributed by atoms with van der Waals surface area (Å²) in [5.74, 6) is -1.49. The molecule has 1 aliphatic rings. The number of carboxylic acids is 1. The summed E-state index contributed by atoms with van der Waals surface area (Å²) in [6.07, 6.45) is 4.72. The summed E-state index contributed by atoms with van der Waals surface area (Å²) in [6, 6.07) is -1.16. The number of nitrogens with two attached hydrogens (primary N) is 2. The molecule has 0 fully saturated rings. The van der Waals surface area contributed by atoms with Gasteiger partial charge >= 0.3 is 5.97 Å². The lowest BCUT2D eigenvalue weighted by molar-refractivity contribution is -0.139. The van der Waals surface area contributed by atoms with E-state index in [2.05, 4.69) is 0 Å². The quantitative estimate of drug-likeness (QED) is 0.601. The molecule has 0 amide bonds. The van der Waals surface area contributed by atoms with Gasteiger partial charge in [0.25, 0.3) is 0 Å². The van der Waals surface area contributed by atoms with Gasteiger partial charge in [-0.05, 0) is 12.8 Å². The average molecular weight is 210 g/mol. The normalized spacial score (nSPS) is 17.7. The molecule has 0 heterocycles. The maximum Gasteiger partial charge on any atom is 0.320 e. The molecular formula is C10H14N2O3. The van der Waals surface area contributed by atoms with Crippen LogP contribution in [0.3, 0.4) is 0 Å². The van der Waals surface area contributed by atoms with E-state index in [0.717, 1.165) is 6.42 Å². The van der Waals surface area contributed by atoms with Crippen molar-refractivity contribution < 1.29 is 14.7 Å². The van der Waals surface area contributed by atoms with E-state index in [1.807, 2.05) is 6.08 Å². The zero-order valence-corrected chi connectivity index (χ0v) is 8.27. The van der Waals surface area contributed by atoms with Gasteiger partial charge in [0.05, 0.1) is 0 Å². The van der Waals surface area contributed by atoms with Gasteiger partial charge in [-0.1, -0.05) is 12.2 Å². The maximum atomic E-state index is 11.6. The number of carboxylic acid groups (broad SMARTS) is 1. The fourth-order valence-electron chi connectivity index (χ4n) is 1.35. The van der Waals surface area contributed by atoms with Crippen molar-refractivity contribution in [3.05, 3.63) is 23.4 Å². The molecule has 0 saturated heterocycles. The molecule has 1 aliphatic carbocycles. The van der Waals surface area contributed by atoms with Gasteiger partial charge in [-0.3, -0.25) is 9.59 Å². The van der Waals surface area contributed by atoms with Crippen LogP contribution in [0.2, 0.25) is 0 Å². The second kappa shape index (κ2) is 4.75. The lowest BCUT2D eigenvalue weighted by Crippen LogP contribution is -2.33. The number of rotatable bonds is 4. The zero-order valence-electron chi connectivity index (χ0n) is 8.27. The highest BCUT2D eigenvalue weighted by molar-refractivity contribution is 6.01. The third kappa shape index (κ3) is 2.92. The van der Waals surface area contributed by atoms with Gasteiger partial charge in [-0.2, -0.15) is 0 Å². The molecule has 82 valence electrons. The van der Waals surface area contributed by atoms with Crippen molar-refractivity contribution in [2.75, 3.05) is 0 Å². The molecule has 0 aromatic carbocycles. The van der Waals surface area contributed by atoms with Crippen LogP contribution in [0.4, 0.5) is 0 Å². The van der Waals surface area contributed by atoms with Gasteiger partial charge in [-0.25, -0.2) is 0 Å². The van der Waals surface area contributed by atoms with Crippen LogP contribution >= 0.6 is 0 Å². The van der Waals surface area contributed by atoms with Gasteiger partial charge in [0.2, 0.25) is 0 Å². The Morgan fingerprint density at radius 2 is 2.20 bits per heavy atom. The van der Waals surface area contributed by atoms with E-state index >= 15 is 0 Å². The molecule has 15 heavy (non-hydrogen) atoms. The van der Waals surface area contributed by atoms with Crippen LogP contribution in [0.5, 0.6) is 0 Å².